The SMILES string of the molecule is NCC1CCCCC1CNc1ccc(S(N)(=O)=O)cc1. The normalized spacial score (nSPS) is 23.5. The third-order valence-corrected chi connectivity index (χ3v) is 5.05. The van der Waals surface area contributed by atoms with E-state index in [0.29, 0.717) is 11.8 Å². The van der Waals surface area contributed by atoms with E-state index in [0.717, 1.165) is 18.8 Å². The minimum Gasteiger partial charge on any atom is -0.385 e. The number of hydrogen-bond donors (Lipinski definition) is 3. The molecule has 2 unspecified atom stereocenters. The second kappa shape index (κ2) is 6.56. The molecule has 0 saturated heterocycles. The van der Waals surface area contributed by atoms with Crippen LogP contribution in [0, 0.1) is 11.8 Å². The second-order valence-corrected chi connectivity index (χ2v) is 7.05. The smallest absolute Gasteiger partial charge is 0.238 e. The van der Waals surface area contributed by atoms with Gasteiger partial charge in [0.2, 0.25) is 10.0 Å². The second-order valence-electron chi connectivity index (χ2n) is 5.49. The highest BCUT2D eigenvalue weighted by Crippen LogP contribution is 2.29. The lowest BCUT2D eigenvalue weighted by Gasteiger charge is -2.31. The standard InChI is InChI=1S/C14H23N3O2S/c15-9-11-3-1-2-4-12(11)10-17-13-5-7-14(8-6-13)20(16,18)19/h5-8,11-12,17H,1-4,9-10,15H2,(H2,16,18,19). The Morgan fingerprint density at radius 2 is 1.70 bits per heavy atom. The van der Waals surface area contributed by atoms with E-state index in [-0.39, 0.29) is 4.90 Å². The van der Waals surface area contributed by atoms with Gasteiger partial charge >= 0.3 is 0 Å². The fraction of sp³-hybridized carbons (Fsp3) is 0.571. The summed E-state index contributed by atoms with van der Waals surface area (Å²) >= 11 is 0. The number of nitrogens with two attached hydrogens (primary N) is 2. The highest BCUT2D eigenvalue weighted by molar-refractivity contribution is 7.89. The van der Waals surface area contributed by atoms with Crippen LogP contribution in [0.15, 0.2) is 29.2 Å². The van der Waals surface area contributed by atoms with Gasteiger partial charge in [-0.2, -0.15) is 0 Å². The lowest BCUT2D eigenvalue weighted by molar-refractivity contribution is 0.255. The zero-order valence-electron chi connectivity index (χ0n) is 11.6. The zero-order valence-corrected chi connectivity index (χ0v) is 12.4. The minimum atomic E-state index is -3.61. The van der Waals surface area contributed by atoms with Gasteiger partial charge in [0.15, 0.2) is 0 Å². The summed E-state index contributed by atoms with van der Waals surface area (Å²) in [6.07, 6.45) is 4.98. The highest BCUT2D eigenvalue weighted by Gasteiger charge is 2.23. The average molecular weight is 297 g/mol. The summed E-state index contributed by atoms with van der Waals surface area (Å²) in [5, 5.41) is 8.44. The molecule has 5 nitrogen and oxygen atoms in total. The predicted octanol–water partition coefficient (Wildman–Crippen LogP) is 1.51. The quantitative estimate of drug-likeness (QED) is 0.767. The predicted molar refractivity (Wildman–Crippen MR) is 80.8 cm³/mol. The Morgan fingerprint density at radius 3 is 2.25 bits per heavy atom. The molecule has 20 heavy (non-hydrogen) atoms. The van der Waals surface area contributed by atoms with Crippen LogP contribution in [-0.4, -0.2) is 21.5 Å². The largest absolute Gasteiger partial charge is 0.385 e. The summed E-state index contributed by atoms with van der Waals surface area (Å²) in [6.45, 7) is 1.63. The Labute approximate surface area is 120 Å². The monoisotopic (exact) mass is 297 g/mol. The molecule has 0 bridgehead atoms. The first-order valence-electron chi connectivity index (χ1n) is 7.07. The lowest BCUT2D eigenvalue weighted by Crippen LogP contribution is -2.31. The van der Waals surface area contributed by atoms with Crippen molar-refractivity contribution in [1.82, 2.24) is 0 Å². The molecule has 1 aromatic rings. The first-order chi connectivity index (χ1) is 9.50. The summed E-state index contributed by atoms with van der Waals surface area (Å²) in [4.78, 5) is 0.139. The molecule has 0 heterocycles. The molecule has 0 radical (unpaired) electrons. The number of rotatable bonds is 5. The van der Waals surface area contributed by atoms with Crippen LogP contribution in [0.1, 0.15) is 25.7 Å². The molecule has 0 aromatic heterocycles. The molecule has 2 rings (SSSR count). The number of sulfonamides is 1. The average Bonchev–Trinajstić information content (AvgIpc) is 2.45. The van der Waals surface area contributed by atoms with E-state index < -0.39 is 10.0 Å². The van der Waals surface area contributed by atoms with Gasteiger partial charge in [0.1, 0.15) is 0 Å². The van der Waals surface area contributed by atoms with Crippen molar-refractivity contribution in [2.75, 3.05) is 18.4 Å². The number of nitrogens with one attached hydrogen (secondary N) is 1. The van der Waals surface area contributed by atoms with Gasteiger partial charge in [-0.1, -0.05) is 12.8 Å². The van der Waals surface area contributed by atoms with Crippen molar-refractivity contribution in [2.45, 2.75) is 30.6 Å². The third-order valence-electron chi connectivity index (χ3n) is 4.12. The molecule has 112 valence electrons. The minimum absolute atomic E-state index is 0.139. The van der Waals surface area contributed by atoms with Gasteiger partial charge in [-0.3, -0.25) is 0 Å². The lowest BCUT2D eigenvalue weighted by atomic mass is 9.79. The van der Waals surface area contributed by atoms with Crippen molar-refractivity contribution >= 4 is 15.7 Å². The molecular weight excluding hydrogens is 274 g/mol. The summed E-state index contributed by atoms with van der Waals surface area (Å²) < 4.78 is 22.3. The van der Waals surface area contributed by atoms with Gasteiger partial charge in [0, 0.05) is 12.2 Å². The maximum Gasteiger partial charge on any atom is 0.238 e. The molecule has 1 aliphatic carbocycles. The van der Waals surface area contributed by atoms with Crippen LogP contribution in [0.2, 0.25) is 0 Å². The van der Waals surface area contributed by atoms with Crippen LogP contribution in [0.25, 0.3) is 0 Å². The van der Waals surface area contributed by atoms with Crippen molar-refractivity contribution in [3.8, 4) is 0 Å². The topological polar surface area (TPSA) is 98.2 Å². The van der Waals surface area contributed by atoms with Gasteiger partial charge in [-0.15, -0.1) is 0 Å². The van der Waals surface area contributed by atoms with Gasteiger partial charge < -0.3 is 11.1 Å². The maximum atomic E-state index is 11.2. The van der Waals surface area contributed by atoms with Gasteiger partial charge in [-0.05, 0) is 55.5 Å². The molecule has 1 fully saturated rings. The molecule has 6 heteroatoms. The van der Waals surface area contributed by atoms with E-state index in [1.807, 2.05) is 0 Å². The number of benzene rings is 1. The fourth-order valence-corrected chi connectivity index (χ4v) is 3.39. The molecular formula is C14H23N3O2S. The Morgan fingerprint density at radius 1 is 1.10 bits per heavy atom. The van der Waals surface area contributed by atoms with E-state index in [4.69, 9.17) is 10.9 Å². The van der Waals surface area contributed by atoms with Crippen LogP contribution in [-0.2, 0) is 10.0 Å². The molecule has 0 aliphatic heterocycles. The molecule has 0 amide bonds. The van der Waals surface area contributed by atoms with Crippen molar-refractivity contribution in [3.05, 3.63) is 24.3 Å². The molecule has 5 N–H and O–H groups in total. The molecule has 1 aromatic carbocycles. The molecule has 0 spiro atoms. The van der Waals surface area contributed by atoms with E-state index in [2.05, 4.69) is 5.32 Å². The molecule has 1 saturated carbocycles. The van der Waals surface area contributed by atoms with E-state index >= 15 is 0 Å². The van der Waals surface area contributed by atoms with E-state index in [1.165, 1.54) is 37.8 Å². The highest BCUT2D eigenvalue weighted by atomic mass is 32.2. The van der Waals surface area contributed by atoms with Crippen molar-refractivity contribution in [1.29, 1.82) is 0 Å². The van der Waals surface area contributed by atoms with Crippen LogP contribution in [0.5, 0.6) is 0 Å². The summed E-state index contributed by atoms with van der Waals surface area (Å²) in [5.74, 6) is 1.20. The summed E-state index contributed by atoms with van der Waals surface area (Å²) in [6, 6.07) is 6.55. The van der Waals surface area contributed by atoms with E-state index in [1.54, 1.807) is 12.1 Å². The zero-order chi connectivity index (χ0) is 14.6. The van der Waals surface area contributed by atoms with Crippen molar-refractivity contribution in [3.63, 3.8) is 0 Å². The van der Waals surface area contributed by atoms with Crippen molar-refractivity contribution < 1.29 is 8.42 Å². The Kier molecular flexibility index (Phi) is 5.01. The Bertz CT molecular complexity index is 528. The van der Waals surface area contributed by atoms with Crippen LogP contribution in [0.4, 0.5) is 5.69 Å². The number of primary sulfonamides is 1. The molecule has 1 aliphatic rings. The maximum absolute atomic E-state index is 11.2. The van der Waals surface area contributed by atoms with Gasteiger partial charge in [0.05, 0.1) is 4.90 Å². The number of anilines is 1. The third kappa shape index (κ3) is 3.94. The Hall–Kier alpha value is -1.11. The first kappa shape index (κ1) is 15.3. The Balaban J connectivity index is 1.93. The molecule has 2 atom stereocenters. The first-order valence-corrected chi connectivity index (χ1v) is 8.62. The van der Waals surface area contributed by atoms with Gasteiger partial charge in [-0.25, -0.2) is 13.6 Å². The summed E-state index contributed by atoms with van der Waals surface area (Å²) in [7, 11) is -3.61. The van der Waals surface area contributed by atoms with E-state index in [9.17, 15) is 8.42 Å². The van der Waals surface area contributed by atoms with Gasteiger partial charge in [0.25, 0.3) is 0 Å². The van der Waals surface area contributed by atoms with Crippen LogP contribution in [0.3, 0.4) is 0 Å². The van der Waals surface area contributed by atoms with Crippen LogP contribution < -0.4 is 16.2 Å². The summed E-state index contributed by atoms with van der Waals surface area (Å²) in [5.41, 5.74) is 6.74. The van der Waals surface area contributed by atoms with Crippen molar-refractivity contribution in [2.24, 2.45) is 22.7 Å². The number of hydrogen-bond acceptors (Lipinski definition) is 4. The fourth-order valence-electron chi connectivity index (χ4n) is 2.87. The van der Waals surface area contributed by atoms with Crippen LogP contribution >= 0.6 is 0 Å².